The number of benzene rings is 2. The minimum Gasteiger partial charge on any atom is -0.497 e. The Kier molecular flexibility index (Phi) is 6.91. The number of amides is 1. The second-order valence-electron chi connectivity index (χ2n) is 5.69. The third-order valence-electron chi connectivity index (χ3n) is 3.78. The Morgan fingerprint density at radius 1 is 1.19 bits per heavy atom. The minimum absolute atomic E-state index is 0.0773. The summed E-state index contributed by atoms with van der Waals surface area (Å²) in [5.41, 5.74) is 1.75. The summed E-state index contributed by atoms with van der Waals surface area (Å²) in [5.74, 6) is 0.143. The van der Waals surface area contributed by atoms with Crippen molar-refractivity contribution >= 4 is 34.6 Å². The van der Waals surface area contributed by atoms with E-state index in [1.54, 1.807) is 55.3 Å². The molecule has 7 heteroatoms. The highest BCUT2D eigenvalue weighted by atomic mass is 32.1. The molecule has 2 aromatic rings. The quantitative estimate of drug-likeness (QED) is 0.752. The van der Waals surface area contributed by atoms with Gasteiger partial charge < -0.3 is 20.3 Å². The van der Waals surface area contributed by atoms with Crippen molar-refractivity contribution in [2.75, 3.05) is 30.8 Å². The first-order chi connectivity index (χ1) is 12.4. The molecule has 0 atom stereocenters. The second kappa shape index (κ2) is 9.15. The molecule has 26 heavy (non-hydrogen) atoms. The normalized spacial score (nSPS) is 10.2. The molecule has 0 saturated heterocycles. The lowest BCUT2D eigenvalue weighted by molar-refractivity contribution is -0.116. The van der Waals surface area contributed by atoms with Gasteiger partial charge in [0.15, 0.2) is 5.11 Å². The van der Waals surface area contributed by atoms with Crippen molar-refractivity contribution in [1.29, 1.82) is 0 Å². The Bertz CT molecular complexity index is 798. The lowest BCUT2D eigenvalue weighted by Crippen LogP contribution is -2.40. The minimum atomic E-state index is -0.309. The van der Waals surface area contributed by atoms with Crippen molar-refractivity contribution in [2.24, 2.45) is 0 Å². The molecule has 0 unspecified atom stereocenters. The van der Waals surface area contributed by atoms with Crippen LogP contribution in [0.1, 0.15) is 12.5 Å². The molecule has 0 saturated carbocycles. The van der Waals surface area contributed by atoms with E-state index < -0.39 is 0 Å². The van der Waals surface area contributed by atoms with Gasteiger partial charge in [0, 0.05) is 24.0 Å². The van der Waals surface area contributed by atoms with Crippen LogP contribution in [0.3, 0.4) is 0 Å². The maximum absolute atomic E-state index is 13.7. The van der Waals surface area contributed by atoms with Crippen LogP contribution in [-0.4, -0.2) is 36.1 Å². The molecule has 0 radical (unpaired) electrons. The Labute approximate surface area is 158 Å². The SMILES string of the molecule is CCN(CC(=O)Nc1cccc(OC)c1)C(=S)Nc1ccc(C)c(F)c1. The summed E-state index contributed by atoms with van der Waals surface area (Å²) in [7, 11) is 1.57. The topological polar surface area (TPSA) is 53.6 Å². The van der Waals surface area contributed by atoms with Crippen molar-refractivity contribution in [3.63, 3.8) is 0 Å². The summed E-state index contributed by atoms with van der Waals surface area (Å²) in [6.07, 6.45) is 0. The number of thiocarbonyl (C=S) groups is 1. The molecule has 0 aliphatic rings. The summed E-state index contributed by atoms with van der Waals surface area (Å²) in [4.78, 5) is 14.0. The number of rotatable bonds is 6. The number of hydrogen-bond donors (Lipinski definition) is 2. The van der Waals surface area contributed by atoms with Crippen molar-refractivity contribution in [3.8, 4) is 5.75 Å². The van der Waals surface area contributed by atoms with Gasteiger partial charge in [-0.2, -0.15) is 0 Å². The lowest BCUT2D eigenvalue weighted by Gasteiger charge is -2.24. The number of nitrogens with zero attached hydrogens (tertiary/aromatic N) is 1. The molecule has 2 rings (SSSR count). The van der Waals surface area contributed by atoms with Crippen molar-refractivity contribution in [2.45, 2.75) is 13.8 Å². The van der Waals surface area contributed by atoms with Gasteiger partial charge in [0.25, 0.3) is 0 Å². The summed E-state index contributed by atoms with van der Waals surface area (Å²) in [6, 6.07) is 11.9. The molecule has 0 bridgehead atoms. The monoisotopic (exact) mass is 375 g/mol. The second-order valence-corrected chi connectivity index (χ2v) is 6.08. The predicted molar refractivity (Wildman–Crippen MR) is 106 cm³/mol. The van der Waals surface area contributed by atoms with E-state index in [-0.39, 0.29) is 18.3 Å². The number of ether oxygens (including phenoxy) is 1. The highest BCUT2D eigenvalue weighted by molar-refractivity contribution is 7.80. The average Bonchev–Trinajstić information content (AvgIpc) is 2.62. The van der Waals surface area contributed by atoms with E-state index in [9.17, 15) is 9.18 Å². The standard InChI is InChI=1S/C19H22FN3O2S/c1-4-23(19(26)22-15-9-8-13(2)17(20)11-15)12-18(24)21-14-6-5-7-16(10-14)25-3/h5-11H,4,12H2,1-3H3,(H,21,24)(H,22,26). The van der Waals surface area contributed by atoms with Crippen LogP contribution in [0.2, 0.25) is 0 Å². The fourth-order valence-electron chi connectivity index (χ4n) is 2.28. The molecule has 5 nitrogen and oxygen atoms in total. The zero-order chi connectivity index (χ0) is 19.1. The Balaban J connectivity index is 1.97. The lowest BCUT2D eigenvalue weighted by atomic mass is 10.2. The van der Waals surface area contributed by atoms with Crippen LogP contribution in [0, 0.1) is 12.7 Å². The van der Waals surface area contributed by atoms with Crippen LogP contribution in [0.4, 0.5) is 15.8 Å². The van der Waals surface area contributed by atoms with Crippen LogP contribution in [0.5, 0.6) is 5.75 Å². The Hall–Kier alpha value is -2.67. The fraction of sp³-hybridized carbons (Fsp3) is 0.263. The molecule has 0 aliphatic heterocycles. The molecule has 0 aliphatic carbocycles. The number of methoxy groups -OCH3 is 1. The number of carbonyl (C=O) groups is 1. The number of likely N-dealkylation sites (N-methyl/N-ethyl adjacent to an activating group) is 1. The van der Waals surface area contributed by atoms with E-state index in [1.807, 2.05) is 6.92 Å². The largest absolute Gasteiger partial charge is 0.497 e. The van der Waals surface area contributed by atoms with E-state index in [0.29, 0.717) is 34.3 Å². The average molecular weight is 375 g/mol. The number of hydrogen-bond acceptors (Lipinski definition) is 3. The van der Waals surface area contributed by atoms with Crippen molar-refractivity contribution in [3.05, 3.63) is 53.8 Å². The van der Waals surface area contributed by atoms with E-state index in [0.717, 1.165) is 0 Å². The van der Waals surface area contributed by atoms with Gasteiger partial charge in [-0.3, -0.25) is 4.79 Å². The predicted octanol–water partition coefficient (Wildman–Crippen LogP) is 3.80. The first-order valence-corrected chi connectivity index (χ1v) is 8.59. The molecular weight excluding hydrogens is 353 g/mol. The fourth-order valence-corrected chi connectivity index (χ4v) is 2.59. The van der Waals surface area contributed by atoms with E-state index in [1.165, 1.54) is 6.07 Å². The Morgan fingerprint density at radius 2 is 1.92 bits per heavy atom. The highest BCUT2D eigenvalue weighted by Gasteiger charge is 2.13. The van der Waals surface area contributed by atoms with E-state index >= 15 is 0 Å². The van der Waals surface area contributed by atoms with Gasteiger partial charge in [0.05, 0.1) is 13.7 Å². The first-order valence-electron chi connectivity index (χ1n) is 8.19. The van der Waals surface area contributed by atoms with Crippen molar-refractivity contribution in [1.82, 2.24) is 4.90 Å². The third kappa shape index (κ3) is 5.42. The number of anilines is 2. The molecular formula is C19H22FN3O2S. The summed E-state index contributed by atoms with van der Waals surface area (Å²) >= 11 is 5.35. The summed E-state index contributed by atoms with van der Waals surface area (Å²) in [6.45, 7) is 4.20. The first kappa shape index (κ1) is 19.7. The summed E-state index contributed by atoms with van der Waals surface area (Å²) in [5, 5.41) is 6.13. The zero-order valence-electron chi connectivity index (χ0n) is 15.0. The highest BCUT2D eigenvalue weighted by Crippen LogP contribution is 2.17. The van der Waals surface area contributed by atoms with Crippen LogP contribution in [0.15, 0.2) is 42.5 Å². The van der Waals surface area contributed by atoms with Gasteiger partial charge in [-0.15, -0.1) is 0 Å². The van der Waals surface area contributed by atoms with E-state index in [4.69, 9.17) is 17.0 Å². The van der Waals surface area contributed by atoms with Crippen LogP contribution >= 0.6 is 12.2 Å². The molecule has 1 amide bonds. The van der Waals surface area contributed by atoms with Gasteiger partial charge in [-0.25, -0.2) is 4.39 Å². The molecule has 2 aromatic carbocycles. The zero-order valence-corrected chi connectivity index (χ0v) is 15.8. The van der Waals surface area contributed by atoms with Crippen LogP contribution < -0.4 is 15.4 Å². The van der Waals surface area contributed by atoms with E-state index in [2.05, 4.69) is 10.6 Å². The number of carbonyl (C=O) groups excluding carboxylic acids is 1. The number of aryl methyl sites for hydroxylation is 1. The van der Waals surface area contributed by atoms with Crippen LogP contribution in [-0.2, 0) is 4.79 Å². The van der Waals surface area contributed by atoms with Gasteiger partial charge in [-0.1, -0.05) is 12.1 Å². The molecule has 2 N–H and O–H groups in total. The van der Waals surface area contributed by atoms with Crippen LogP contribution in [0.25, 0.3) is 0 Å². The Morgan fingerprint density at radius 3 is 2.58 bits per heavy atom. The van der Waals surface area contributed by atoms with Gasteiger partial charge in [0.1, 0.15) is 11.6 Å². The summed E-state index contributed by atoms with van der Waals surface area (Å²) < 4.78 is 18.8. The molecule has 0 heterocycles. The van der Waals surface area contributed by atoms with Gasteiger partial charge in [-0.05, 0) is 55.9 Å². The third-order valence-corrected chi connectivity index (χ3v) is 4.14. The number of nitrogens with one attached hydrogen (secondary N) is 2. The smallest absolute Gasteiger partial charge is 0.243 e. The molecule has 0 fully saturated rings. The van der Waals surface area contributed by atoms with Gasteiger partial charge in [0.2, 0.25) is 5.91 Å². The maximum atomic E-state index is 13.7. The molecule has 0 aromatic heterocycles. The molecule has 0 spiro atoms. The van der Waals surface area contributed by atoms with Crippen molar-refractivity contribution < 1.29 is 13.9 Å². The number of halogens is 1. The maximum Gasteiger partial charge on any atom is 0.243 e. The van der Waals surface area contributed by atoms with Gasteiger partial charge >= 0.3 is 0 Å². The molecule has 138 valence electrons.